The van der Waals surface area contributed by atoms with Crippen LogP contribution in [0.3, 0.4) is 0 Å². The highest BCUT2D eigenvalue weighted by molar-refractivity contribution is 5.51. The van der Waals surface area contributed by atoms with E-state index in [1.54, 1.807) is 6.07 Å². The molecule has 0 atom stereocenters. The zero-order chi connectivity index (χ0) is 15.0. The molecule has 1 fully saturated rings. The fourth-order valence-electron chi connectivity index (χ4n) is 3.32. The van der Waals surface area contributed by atoms with Crippen molar-refractivity contribution in [3.8, 4) is 17.2 Å². The second kappa shape index (κ2) is 5.41. The number of nitrogens with zero attached hydrogens (tertiary/aromatic N) is 1. The average molecular weight is 291 g/mol. The van der Waals surface area contributed by atoms with Gasteiger partial charge in [0, 0.05) is 24.2 Å². The predicted molar refractivity (Wildman–Crippen MR) is 81.7 cm³/mol. The second-order valence-electron chi connectivity index (χ2n) is 7.14. The zero-order valence-corrected chi connectivity index (χ0v) is 13.2. The summed E-state index contributed by atoms with van der Waals surface area (Å²) >= 11 is 0. The summed E-state index contributed by atoms with van der Waals surface area (Å²) in [6.07, 6.45) is 5.01. The van der Waals surface area contributed by atoms with E-state index in [2.05, 4.69) is 25.8 Å². The van der Waals surface area contributed by atoms with Gasteiger partial charge in [-0.25, -0.2) is 0 Å². The van der Waals surface area contributed by atoms with Crippen LogP contribution in [0, 0.1) is 5.41 Å². The third-order valence-corrected chi connectivity index (χ3v) is 4.93. The predicted octanol–water partition coefficient (Wildman–Crippen LogP) is 3.52. The van der Waals surface area contributed by atoms with Crippen molar-refractivity contribution in [1.82, 2.24) is 4.90 Å². The molecule has 0 bridgehead atoms. The van der Waals surface area contributed by atoms with E-state index in [1.807, 2.05) is 6.07 Å². The Hall–Kier alpha value is -1.42. The van der Waals surface area contributed by atoms with Gasteiger partial charge in [0.1, 0.15) is 5.75 Å². The van der Waals surface area contributed by atoms with E-state index < -0.39 is 0 Å². The van der Waals surface area contributed by atoms with Crippen molar-refractivity contribution in [2.75, 3.05) is 13.8 Å². The molecule has 1 N–H and O–H groups in total. The van der Waals surface area contributed by atoms with E-state index in [1.165, 1.54) is 25.7 Å². The number of benzene rings is 1. The molecule has 1 aliphatic heterocycles. The third kappa shape index (κ3) is 3.10. The summed E-state index contributed by atoms with van der Waals surface area (Å²) in [5, 5.41) is 10.1. The lowest BCUT2D eigenvalue weighted by Crippen LogP contribution is -2.36. The molecular formula is C17H25NO3. The summed E-state index contributed by atoms with van der Waals surface area (Å²) in [5.74, 6) is 1.67. The molecule has 21 heavy (non-hydrogen) atoms. The maximum atomic E-state index is 10.1. The van der Waals surface area contributed by atoms with Crippen molar-refractivity contribution < 1.29 is 14.6 Å². The first kappa shape index (κ1) is 14.5. The highest BCUT2D eigenvalue weighted by atomic mass is 16.7. The number of aromatic hydroxyl groups is 1. The maximum absolute atomic E-state index is 10.1. The maximum Gasteiger partial charge on any atom is 0.231 e. The van der Waals surface area contributed by atoms with Crippen LogP contribution in [-0.4, -0.2) is 29.9 Å². The van der Waals surface area contributed by atoms with Crippen LogP contribution in [0.1, 0.15) is 45.1 Å². The Bertz CT molecular complexity index is 517. The monoisotopic (exact) mass is 291 g/mol. The fourth-order valence-corrected chi connectivity index (χ4v) is 3.32. The summed E-state index contributed by atoms with van der Waals surface area (Å²) in [6.45, 7) is 5.69. The zero-order valence-electron chi connectivity index (χ0n) is 13.2. The Labute approximate surface area is 126 Å². The number of hydrogen-bond donors (Lipinski definition) is 1. The van der Waals surface area contributed by atoms with Crippen molar-refractivity contribution >= 4 is 0 Å². The first-order chi connectivity index (χ1) is 9.94. The number of fused-ring (bicyclic) bond motifs is 1. The van der Waals surface area contributed by atoms with Crippen LogP contribution >= 0.6 is 0 Å². The molecule has 1 aliphatic carbocycles. The second-order valence-corrected chi connectivity index (χ2v) is 7.14. The molecule has 1 saturated carbocycles. The van der Waals surface area contributed by atoms with E-state index in [4.69, 9.17) is 9.47 Å². The van der Waals surface area contributed by atoms with E-state index >= 15 is 0 Å². The molecule has 4 nitrogen and oxygen atoms in total. The molecule has 1 aromatic rings. The van der Waals surface area contributed by atoms with Gasteiger partial charge in [-0.05, 0) is 44.2 Å². The molecule has 0 unspecified atom stereocenters. The first-order valence-electron chi connectivity index (χ1n) is 7.76. The smallest absolute Gasteiger partial charge is 0.231 e. The van der Waals surface area contributed by atoms with Crippen LogP contribution in [0.15, 0.2) is 12.1 Å². The van der Waals surface area contributed by atoms with Gasteiger partial charge in [0.25, 0.3) is 0 Å². The Morgan fingerprint density at radius 2 is 1.81 bits per heavy atom. The minimum absolute atomic E-state index is 0.242. The number of hydrogen-bond acceptors (Lipinski definition) is 4. The first-order valence-corrected chi connectivity index (χ1v) is 7.76. The van der Waals surface area contributed by atoms with Gasteiger partial charge in [0.15, 0.2) is 11.5 Å². The summed E-state index contributed by atoms with van der Waals surface area (Å²) < 4.78 is 10.7. The molecule has 0 amide bonds. The number of phenolic OH excluding ortho intramolecular Hbond substituents is 1. The lowest BCUT2D eigenvalue weighted by Gasteiger charge is -2.38. The Morgan fingerprint density at radius 3 is 2.48 bits per heavy atom. The van der Waals surface area contributed by atoms with E-state index in [0.717, 1.165) is 17.9 Å². The SMILES string of the molecule is CN(Cc1cc2c(cc1O)OCO2)C1CCC(C)(C)CC1. The molecule has 1 aromatic carbocycles. The van der Waals surface area contributed by atoms with Crippen LogP contribution < -0.4 is 9.47 Å². The Morgan fingerprint density at radius 1 is 1.19 bits per heavy atom. The van der Waals surface area contributed by atoms with Crippen LogP contribution in [0.4, 0.5) is 0 Å². The standard InChI is InChI=1S/C17H25NO3/c1-17(2)6-4-13(5-7-17)18(3)10-12-8-15-16(9-14(12)19)21-11-20-15/h8-9,13,19H,4-7,10-11H2,1-3H3. The fraction of sp³-hybridized carbons (Fsp3) is 0.647. The lowest BCUT2D eigenvalue weighted by molar-refractivity contribution is 0.122. The summed E-state index contributed by atoms with van der Waals surface area (Å²) in [7, 11) is 2.15. The van der Waals surface area contributed by atoms with Gasteiger partial charge >= 0.3 is 0 Å². The minimum atomic E-state index is 0.242. The number of rotatable bonds is 3. The highest BCUT2D eigenvalue weighted by Crippen LogP contribution is 2.40. The van der Waals surface area contributed by atoms with Gasteiger partial charge in [-0.3, -0.25) is 4.90 Å². The van der Waals surface area contributed by atoms with E-state index in [9.17, 15) is 5.11 Å². The third-order valence-electron chi connectivity index (χ3n) is 4.93. The molecule has 0 spiro atoms. The lowest BCUT2D eigenvalue weighted by atomic mass is 9.75. The minimum Gasteiger partial charge on any atom is -0.507 e. The van der Waals surface area contributed by atoms with Gasteiger partial charge in [-0.1, -0.05) is 13.8 Å². The normalized spacial score (nSPS) is 21.0. The van der Waals surface area contributed by atoms with Crippen LogP contribution in [0.2, 0.25) is 0 Å². The summed E-state index contributed by atoms with van der Waals surface area (Å²) in [5.41, 5.74) is 1.39. The van der Waals surface area contributed by atoms with Gasteiger partial charge in [0.2, 0.25) is 6.79 Å². The summed E-state index contributed by atoms with van der Waals surface area (Å²) in [4.78, 5) is 2.35. The summed E-state index contributed by atoms with van der Waals surface area (Å²) in [6, 6.07) is 4.17. The van der Waals surface area contributed by atoms with Crippen molar-refractivity contribution in [1.29, 1.82) is 0 Å². The van der Waals surface area contributed by atoms with Gasteiger partial charge in [0.05, 0.1) is 0 Å². The van der Waals surface area contributed by atoms with Crippen LogP contribution in [-0.2, 0) is 6.54 Å². The number of ether oxygens (including phenoxy) is 2. The Balaban J connectivity index is 1.66. The van der Waals surface area contributed by atoms with Crippen molar-refractivity contribution in [3.05, 3.63) is 17.7 Å². The largest absolute Gasteiger partial charge is 0.507 e. The van der Waals surface area contributed by atoms with Crippen molar-refractivity contribution in [2.45, 2.75) is 52.1 Å². The molecule has 2 aliphatic rings. The number of phenols is 1. The van der Waals surface area contributed by atoms with Gasteiger partial charge < -0.3 is 14.6 Å². The van der Waals surface area contributed by atoms with Crippen LogP contribution in [0.25, 0.3) is 0 Å². The molecule has 0 saturated heterocycles. The Kier molecular flexibility index (Phi) is 3.74. The highest BCUT2D eigenvalue weighted by Gasteiger charge is 2.29. The average Bonchev–Trinajstić information content (AvgIpc) is 2.86. The van der Waals surface area contributed by atoms with Crippen molar-refractivity contribution in [3.63, 3.8) is 0 Å². The molecule has 1 heterocycles. The topological polar surface area (TPSA) is 41.9 Å². The van der Waals surface area contributed by atoms with Crippen LogP contribution in [0.5, 0.6) is 17.2 Å². The van der Waals surface area contributed by atoms with Gasteiger partial charge in [-0.15, -0.1) is 0 Å². The molecule has 4 heteroatoms. The van der Waals surface area contributed by atoms with Crippen molar-refractivity contribution in [2.24, 2.45) is 5.41 Å². The molecule has 3 rings (SSSR count). The van der Waals surface area contributed by atoms with E-state index in [0.29, 0.717) is 23.0 Å². The van der Waals surface area contributed by atoms with Gasteiger partial charge in [-0.2, -0.15) is 0 Å². The molecule has 0 radical (unpaired) electrons. The molecular weight excluding hydrogens is 266 g/mol. The quantitative estimate of drug-likeness (QED) is 0.925. The van der Waals surface area contributed by atoms with E-state index in [-0.39, 0.29) is 6.79 Å². The molecule has 116 valence electrons. The molecule has 0 aromatic heterocycles.